The van der Waals surface area contributed by atoms with Crippen LogP contribution in [0.4, 0.5) is 0 Å². The molecule has 0 unspecified atom stereocenters. The van der Waals surface area contributed by atoms with E-state index in [0.717, 1.165) is 11.1 Å². The molecule has 0 aliphatic heterocycles. The maximum absolute atomic E-state index is 12.3. The standard InChI is InChI=1S/C24H28O8/c1-5-30-22(26)24(2,3)13-31-20-17(10-12-19(21(20)29-4)32-23(27)28)14-7-6-8-16-15(14)9-11-18(16)25/h6-8,10,12,23,27-28H,5,9,11,13H2,1-4H3. The highest BCUT2D eigenvalue weighted by molar-refractivity contribution is 6.02. The molecule has 1 aliphatic rings. The Hall–Kier alpha value is -3.10. The number of benzene rings is 2. The van der Waals surface area contributed by atoms with E-state index in [-0.39, 0.29) is 36.2 Å². The number of ether oxygens (including phenoxy) is 4. The van der Waals surface area contributed by atoms with Crippen molar-refractivity contribution in [3.63, 3.8) is 0 Å². The second-order valence-electron chi connectivity index (χ2n) is 8.07. The van der Waals surface area contributed by atoms with Crippen LogP contribution in [0.1, 0.15) is 43.1 Å². The van der Waals surface area contributed by atoms with Gasteiger partial charge in [-0.25, -0.2) is 0 Å². The van der Waals surface area contributed by atoms with Crippen LogP contribution in [0.3, 0.4) is 0 Å². The second-order valence-corrected chi connectivity index (χ2v) is 8.07. The SMILES string of the molecule is CCOC(=O)C(C)(C)COc1c(-c2cccc3c2CCC3=O)ccc(OC(O)O)c1OC. The van der Waals surface area contributed by atoms with E-state index in [4.69, 9.17) is 18.9 Å². The van der Waals surface area contributed by atoms with E-state index in [9.17, 15) is 19.8 Å². The van der Waals surface area contributed by atoms with Crippen LogP contribution in [-0.2, 0) is 16.0 Å². The minimum absolute atomic E-state index is 0.0335. The number of carbonyl (C=O) groups excluding carboxylic acids is 2. The summed E-state index contributed by atoms with van der Waals surface area (Å²) in [7, 11) is 1.40. The first kappa shape index (κ1) is 23.6. The summed E-state index contributed by atoms with van der Waals surface area (Å²) in [5.41, 5.74) is 2.05. The number of aliphatic hydroxyl groups excluding tert-OH is 1. The van der Waals surface area contributed by atoms with Gasteiger partial charge in [0.25, 0.3) is 0 Å². The molecule has 2 aromatic carbocycles. The summed E-state index contributed by atoms with van der Waals surface area (Å²) in [5.74, 6) is 0.125. The first-order valence-corrected chi connectivity index (χ1v) is 10.4. The van der Waals surface area contributed by atoms with Gasteiger partial charge in [-0.05, 0) is 50.5 Å². The van der Waals surface area contributed by atoms with Gasteiger partial charge in [0, 0.05) is 17.5 Å². The third-order valence-electron chi connectivity index (χ3n) is 5.29. The zero-order chi connectivity index (χ0) is 23.5. The van der Waals surface area contributed by atoms with Gasteiger partial charge in [0.1, 0.15) is 6.61 Å². The summed E-state index contributed by atoms with van der Waals surface area (Å²) in [6, 6.07) is 8.73. The molecule has 0 bridgehead atoms. The largest absolute Gasteiger partial charge is 0.490 e. The van der Waals surface area contributed by atoms with E-state index in [1.54, 1.807) is 39.0 Å². The molecule has 0 spiro atoms. The number of aliphatic hydroxyl groups is 2. The minimum Gasteiger partial charge on any atom is -0.490 e. The van der Waals surface area contributed by atoms with Gasteiger partial charge >= 0.3 is 12.4 Å². The maximum Gasteiger partial charge on any atom is 0.314 e. The minimum atomic E-state index is -2.06. The van der Waals surface area contributed by atoms with Gasteiger partial charge in [0.2, 0.25) is 5.75 Å². The normalized spacial score (nSPS) is 13.2. The molecule has 8 heteroatoms. The van der Waals surface area contributed by atoms with Crippen molar-refractivity contribution in [1.29, 1.82) is 0 Å². The molecule has 0 saturated heterocycles. The van der Waals surface area contributed by atoms with E-state index in [1.165, 1.54) is 13.2 Å². The van der Waals surface area contributed by atoms with E-state index in [0.29, 0.717) is 24.0 Å². The summed E-state index contributed by atoms with van der Waals surface area (Å²) in [6.07, 6.45) is 1.04. The van der Waals surface area contributed by atoms with Crippen LogP contribution in [-0.4, -0.2) is 48.8 Å². The average Bonchev–Trinajstić information content (AvgIpc) is 3.13. The van der Waals surface area contributed by atoms with Gasteiger partial charge in [0.15, 0.2) is 17.3 Å². The number of ketones is 1. The Morgan fingerprint density at radius 1 is 1.06 bits per heavy atom. The first-order chi connectivity index (χ1) is 15.2. The Kier molecular flexibility index (Phi) is 7.06. The van der Waals surface area contributed by atoms with Crippen LogP contribution in [0.15, 0.2) is 30.3 Å². The molecule has 0 aromatic heterocycles. The molecule has 0 atom stereocenters. The third-order valence-corrected chi connectivity index (χ3v) is 5.29. The molecular formula is C24H28O8. The van der Waals surface area contributed by atoms with Crippen molar-refractivity contribution >= 4 is 11.8 Å². The molecule has 8 nitrogen and oxygen atoms in total. The lowest BCUT2D eigenvalue weighted by Crippen LogP contribution is -2.33. The number of carbonyl (C=O) groups is 2. The highest BCUT2D eigenvalue weighted by Crippen LogP contribution is 2.47. The molecule has 2 aromatic rings. The molecule has 172 valence electrons. The Morgan fingerprint density at radius 3 is 2.44 bits per heavy atom. The fraction of sp³-hybridized carbons (Fsp3) is 0.417. The Labute approximate surface area is 186 Å². The summed E-state index contributed by atoms with van der Waals surface area (Å²) in [5, 5.41) is 18.6. The quantitative estimate of drug-likeness (QED) is 0.448. The molecule has 32 heavy (non-hydrogen) atoms. The predicted molar refractivity (Wildman–Crippen MR) is 116 cm³/mol. The van der Waals surface area contributed by atoms with Gasteiger partial charge in [-0.2, -0.15) is 0 Å². The van der Waals surface area contributed by atoms with Gasteiger partial charge < -0.3 is 29.2 Å². The van der Waals surface area contributed by atoms with Crippen LogP contribution < -0.4 is 14.2 Å². The van der Waals surface area contributed by atoms with Crippen molar-refractivity contribution in [2.45, 2.75) is 40.1 Å². The molecule has 3 rings (SSSR count). The van der Waals surface area contributed by atoms with Crippen molar-refractivity contribution in [2.24, 2.45) is 5.41 Å². The fourth-order valence-electron chi connectivity index (χ4n) is 3.68. The number of methoxy groups -OCH3 is 1. The van der Waals surface area contributed by atoms with Gasteiger partial charge in [-0.15, -0.1) is 0 Å². The van der Waals surface area contributed by atoms with Gasteiger partial charge in [-0.1, -0.05) is 18.2 Å². The van der Waals surface area contributed by atoms with Crippen LogP contribution >= 0.6 is 0 Å². The number of fused-ring (bicyclic) bond motifs is 1. The van der Waals surface area contributed by atoms with Crippen LogP contribution in [0.25, 0.3) is 11.1 Å². The van der Waals surface area contributed by atoms with Crippen LogP contribution in [0.5, 0.6) is 17.2 Å². The summed E-state index contributed by atoms with van der Waals surface area (Å²) >= 11 is 0. The lowest BCUT2D eigenvalue weighted by molar-refractivity contribution is -0.180. The van der Waals surface area contributed by atoms with Gasteiger partial charge in [-0.3, -0.25) is 9.59 Å². The van der Waals surface area contributed by atoms with Crippen molar-refractivity contribution < 1.29 is 38.7 Å². The number of rotatable bonds is 9. The van der Waals surface area contributed by atoms with Gasteiger partial charge in [0.05, 0.1) is 19.1 Å². The van der Waals surface area contributed by atoms with E-state index in [2.05, 4.69) is 0 Å². The number of esters is 1. The molecule has 0 heterocycles. The van der Waals surface area contributed by atoms with E-state index in [1.807, 2.05) is 6.07 Å². The zero-order valence-electron chi connectivity index (χ0n) is 18.6. The second kappa shape index (κ2) is 9.58. The van der Waals surface area contributed by atoms with Crippen molar-refractivity contribution in [3.8, 4) is 28.4 Å². The van der Waals surface area contributed by atoms with E-state index < -0.39 is 17.9 Å². The predicted octanol–water partition coefficient (Wildman–Crippen LogP) is 3.11. The Morgan fingerprint density at radius 2 is 1.78 bits per heavy atom. The molecule has 2 N–H and O–H groups in total. The monoisotopic (exact) mass is 444 g/mol. The van der Waals surface area contributed by atoms with Crippen LogP contribution in [0.2, 0.25) is 0 Å². The number of Topliss-reactive ketones (excluding diaryl/α,β-unsaturated/α-hetero) is 1. The lowest BCUT2D eigenvalue weighted by atomic mass is 9.94. The number of hydrogen-bond acceptors (Lipinski definition) is 8. The lowest BCUT2D eigenvalue weighted by Gasteiger charge is -2.25. The Balaban J connectivity index is 2.10. The van der Waals surface area contributed by atoms with Crippen molar-refractivity contribution in [3.05, 3.63) is 41.5 Å². The summed E-state index contributed by atoms with van der Waals surface area (Å²) in [6.45, 7) is 3.29. The topological polar surface area (TPSA) is 112 Å². The smallest absolute Gasteiger partial charge is 0.314 e. The highest BCUT2D eigenvalue weighted by Gasteiger charge is 2.32. The molecular weight excluding hydrogens is 416 g/mol. The Bertz CT molecular complexity index is 1010. The van der Waals surface area contributed by atoms with E-state index >= 15 is 0 Å². The third kappa shape index (κ3) is 4.71. The molecule has 0 saturated carbocycles. The highest BCUT2D eigenvalue weighted by atomic mass is 16.7. The summed E-state index contributed by atoms with van der Waals surface area (Å²) < 4.78 is 21.8. The average molecular weight is 444 g/mol. The first-order valence-electron chi connectivity index (χ1n) is 10.4. The van der Waals surface area contributed by atoms with Crippen molar-refractivity contribution in [2.75, 3.05) is 20.3 Å². The van der Waals surface area contributed by atoms with Crippen LogP contribution in [0, 0.1) is 5.41 Å². The maximum atomic E-state index is 12.3. The number of hydrogen-bond donors (Lipinski definition) is 2. The summed E-state index contributed by atoms with van der Waals surface area (Å²) in [4.78, 5) is 24.6. The fourth-order valence-corrected chi connectivity index (χ4v) is 3.68. The van der Waals surface area contributed by atoms with Crippen molar-refractivity contribution in [1.82, 2.24) is 0 Å². The molecule has 0 fully saturated rings. The molecule has 1 aliphatic carbocycles. The molecule has 0 radical (unpaired) electrons. The molecule has 0 amide bonds. The zero-order valence-corrected chi connectivity index (χ0v) is 18.6.